The monoisotopic (exact) mass is 372 g/mol. The molecule has 1 heterocycles. The first kappa shape index (κ1) is 19.8. The summed E-state index contributed by atoms with van der Waals surface area (Å²) in [6.45, 7) is 3.87. The zero-order valence-electron chi connectivity index (χ0n) is 14.5. The van der Waals surface area contributed by atoms with Gasteiger partial charge in [0.2, 0.25) is 0 Å². The summed E-state index contributed by atoms with van der Waals surface area (Å²) in [7, 11) is 1.54. The van der Waals surface area contributed by atoms with E-state index < -0.39 is 12.3 Å². The van der Waals surface area contributed by atoms with Gasteiger partial charge in [-0.05, 0) is 37.6 Å². The number of halogens is 3. The molecule has 2 aromatic rings. The number of benzene rings is 1. The smallest absolute Gasteiger partial charge is 0.406 e. The van der Waals surface area contributed by atoms with Gasteiger partial charge >= 0.3 is 6.36 Å². The largest absolute Gasteiger partial charge is 0.573 e. The summed E-state index contributed by atoms with van der Waals surface area (Å²) in [6, 6.07) is 4.83. The zero-order chi connectivity index (χ0) is 19.3. The molecule has 0 unspecified atom stereocenters. The van der Waals surface area contributed by atoms with Gasteiger partial charge in [0.15, 0.2) is 5.76 Å². The third-order valence-electron chi connectivity index (χ3n) is 3.64. The van der Waals surface area contributed by atoms with E-state index in [0.29, 0.717) is 24.3 Å². The molecule has 0 saturated carbocycles. The van der Waals surface area contributed by atoms with Crippen LogP contribution < -0.4 is 10.1 Å². The van der Waals surface area contributed by atoms with Crippen LogP contribution in [0.5, 0.6) is 5.75 Å². The first-order valence-electron chi connectivity index (χ1n) is 7.87. The molecule has 142 valence electrons. The number of hydrogen-bond acceptors (Lipinski definition) is 5. The van der Waals surface area contributed by atoms with Crippen LogP contribution in [0.4, 0.5) is 13.2 Å². The van der Waals surface area contributed by atoms with Crippen molar-refractivity contribution in [1.29, 1.82) is 0 Å². The highest BCUT2D eigenvalue weighted by atomic mass is 19.4. The van der Waals surface area contributed by atoms with Crippen LogP contribution in [-0.4, -0.2) is 37.2 Å². The molecular formula is C17H19F3N2O4. The van der Waals surface area contributed by atoms with Gasteiger partial charge in [0, 0.05) is 12.7 Å². The lowest BCUT2D eigenvalue weighted by molar-refractivity contribution is -0.274. The Morgan fingerprint density at radius 2 is 1.96 bits per heavy atom. The van der Waals surface area contributed by atoms with Crippen molar-refractivity contribution in [3.05, 3.63) is 35.5 Å². The Hall–Kier alpha value is -2.55. The molecule has 1 amide bonds. The first-order chi connectivity index (χ1) is 12.2. The molecule has 0 spiro atoms. The van der Waals surface area contributed by atoms with E-state index >= 15 is 0 Å². The number of ether oxygens (including phenoxy) is 2. The Kier molecular flexibility index (Phi) is 6.25. The standard InChI is InChI=1S/C17H19F3N2O4/c1-4-12(9-24-3)21-16(23)14-10(2)22-26-15(14)11-5-7-13(8-6-11)25-17(18,19)20/h5-8,12H,4,9H2,1-3H3,(H,21,23)/t12-/m0/s1. The van der Waals surface area contributed by atoms with Crippen LogP contribution in [0.2, 0.25) is 0 Å². The minimum atomic E-state index is -4.77. The Balaban J connectivity index is 2.25. The quantitative estimate of drug-likeness (QED) is 0.802. The van der Waals surface area contributed by atoms with Crippen molar-refractivity contribution in [3.63, 3.8) is 0 Å². The van der Waals surface area contributed by atoms with Crippen molar-refractivity contribution in [1.82, 2.24) is 10.5 Å². The van der Waals surface area contributed by atoms with Crippen LogP contribution in [0.25, 0.3) is 11.3 Å². The van der Waals surface area contributed by atoms with Crippen molar-refractivity contribution in [2.75, 3.05) is 13.7 Å². The molecule has 1 aromatic carbocycles. The van der Waals surface area contributed by atoms with Crippen molar-refractivity contribution < 1.29 is 32.0 Å². The second-order valence-corrected chi connectivity index (χ2v) is 5.58. The average molecular weight is 372 g/mol. The number of aryl methyl sites for hydroxylation is 1. The van der Waals surface area contributed by atoms with Gasteiger partial charge < -0.3 is 19.3 Å². The van der Waals surface area contributed by atoms with Crippen molar-refractivity contribution in [3.8, 4) is 17.1 Å². The molecule has 26 heavy (non-hydrogen) atoms. The number of methoxy groups -OCH3 is 1. The summed E-state index contributed by atoms with van der Waals surface area (Å²) in [5.74, 6) is -0.585. The molecule has 0 saturated heterocycles. The Morgan fingerprint density at radius 3 is 2.50 bits per heavy atom. The summed E-state index contributed by atoms with van der Waals surface area (Å²) < 4.78 is 50.8. The SMILES string of the molecule is CC[C@@H](COC)NC(=O)c1c(C)noc1-c1ccc(OC(F)(F)F)cc1. The maximum atomic E-state index is 12.6. The number of rotatable bonds is 7. The number of alkyl halides is 3. The predicted octanol–water partition coefficient (Wildman–Crippen LogP) is 3.70. The second kappa shape index (κ2) is 8.22. The van der Waals surface area contributed by atoms with Gasteiger partial charge in [-0.1, -0.05) is 12.1 Å². The third-order valence-corrected chi connectivity index (χ3v) is 3.64. The maximum absolute atomic E-state index is 12.6. The lowest BCUT2D eigenvalue weighted by atomic mass is 10.1. The summed E-state index contributed by atoms with van der Waals surface area (Å²) in [6.07, 6.45) is -4.10. The minimum Gasteiger partial charge on any atom is -0.406 e. The van der Waals surface area contributed by atoms with Crippen LogP contribution in [0, 0.1) is 6.92 Å². The van der Waals surface area contributed by atoms with Gasteiger partial charge in [0.05, 0.1) is 18.3 Å². The number of nitrogens with one attached hydrogen (secondary N) is 1. The molecule has 0 aliphatic carbocycles. The fourth-order valence-corrected chi connectivity index (χ4v) is 2.36. The predicted molar refractivity (Wildman–Crippen MR) is 86.8 cm³/mol. The number of carbonyl (C=O) groups excluding carboxylic acids is 1. The molecule has 0 bridgehead atoms. The van der Waals surface area contributed by atoms with E-state index in [-0.39, 0.29) is 23.1 Å². The van der Waals surface area contributed by atoms with Gasteiger partial charge in [-0.3, -0.25) is 4.79 Å². The highest BCUT2D eigenvalue weighted by Crippen LogP contribution is 2.29. The van der Waals surface area contributed by atoms with E-state index in [1.807, 2.05) is 6.92 Å². The molecule has 1 atom stereocenters. The van der Waals surface area contributed by atoms with Crippen LogP contribution in [0.3, 0.4) is 0 Å². The van der Waals surface area contributed by atoms with Crippen molar-refractivity contribution in [2.45, 2.75) is 32.7 Å². The lowest BCUT2D eigenvalue weighted by Crippen LogP contribution is -2.37. The zero-order valence-corrected chi connectivity index (χ0v) is 14.5. The molecule has 0 radical (unpaired) electrons. The first-order valence-corrected chi connectivity index (χ1v) is 7.87. The molecule has 0 aliphatic rings. The summed E-state index contributed by atoms with van der Waals surface area (Å²) in [4.78, 5) is 12.6. The van der Waals surface area contributed by atoms with Crippen molar-refractivity contribution >= 4 is 5.91 Å². The van der Waals surface area contributed by atoms with Crippen LogP contribution in [0.1, 0.15) is 29.4 Å². The number of nitrogens with zero attached hydrogens (tertiary/aromatic N) is 1. The Morgan fingerprint density at radius 1 is 1.31 bits per heavy atom. The summed E-state index contributed by atoms with van der Waals surface area (Å²) >= 11 is 0. The summed E-state index contributed by atoms with van der Waals surface area (Å²) in [5, 5.41) is 6.62. The van der Waals surface area contributed by atoms with Gasteiger partial charge in [-0.15, -0.1) is 13.2 Å². The van der Waals surface area contributed by atoms with E-state index in [0.717, 1.165) is 12.1 Å². The lowest BCUT2D eigenvalue weighted by Gasteiger charge is -2.16. The molecule has 9 heteroatoms. The van der Waals surface area contributed by atoms with E-state index in [1.165, 1.54) is 19.2 Å². The molecular weight excluding hydrogens is 353 g/mol. The van der Waals surface area contributed by atoms with Gasteiger partial charge in [0.1, 0.15) is 11.3 Å². The third kappa shape index (κ3) is 4.98. The van der Waals surface area contributed by atoms with Gasteiger partial charge in [0.25, 0.3) is 5.91 Å². The van der Waals surface area contributed by atoms with E-state index in [9.17, 15) is 18.0 Å². The number of amides is 1. The van der Waals surface area contributed by atoms with E-state index in [1.54, 1.807) is 6.92 Å². The van der Waals surface area contributed by atoms with E-state index in [4.69, 9.17) is 9.26 Å². The summed E-state index contributed by atoms with van der Waals surface area (Å²) in [5.41, 5.74) is 1.01. The van der Waals surface area contributed by atoms with Gasteiger partial charge in [-0.25, -0.2) is 0 Å². The molecule has 0 aliphatic heterocycles. The van der Waals surface area contributed by atoms with Crippen molar-refractivity contribution in [2.24, 2.45) is 0 Å². The second-order valence-electron chi connectivity index (χ2n) is 5.58. The molecule has 1 aromatic heterocycles. The molecule has 6 nitrogen and oxygen atoms in total. The normalized spacial score (nSPS) is 12.7. The fourth-order valence-electron chi connectivity index (χ4n) is 2.36. The van der Waals surface area contributed by atoms with E-state index in [2.05, 4.69) is 15.2 Å². The maximum Gasteiger partial charge on any atom is 0.573 e. The van der Waals surface area contributed by atoms with Gasteiger partial charge in [-0.2, -0.15) is 0 Å². The van der Waals surface area contributed by atoms with Crippen LogP contribution >= 0.6 is 0 Å². The fraction of sp³-hybridized carbons (Fsp3) is 0.412. The molecule has 1 N–H and O–H groups in total. The highest BCUT2D eigenvalue weighted by molar-refractivity contribution is 6.00. The number of carbonyl (C=O) groups is 1. The molecule has 0 fully saturated rings. The van der Waals surface area contributed by atoms with Crippen LogP contribution in [0.15, 0.2) is 28.8 Å². The van der Waals surface area contributed by atoms with Crippen LogP contribution in [-0.2, 0) is 4.74 Å². The Bertz CT molecular complexity index is 741. The topological polar surface area (TPSA) is 73.6 Å². The highest BCUT2D eigenvalue weighted by Gasteiger charge is 2.31. The Labute approximate surface area is 148 Å². The number of hydrogen-bond donors (Lipinski definition) is 1. The number of aromatic nitrogens is 1. The molecule has 2 rings (SSSR count). The minimum absolute atomic E-state index is 0.172. The average Bonchev–Trinajstić information content (AvgIpc) is 2.95.